The Hall–Kier alpha value is -2.74. The first-order valence-corrected chi connectivity index (χ1v) is 5.81. The molecule has 0 aliphatic heterocycles. The van der Waals surface area contributed by atoms with Crippen molar-refractivity contribution in [1.82, 2.24) is 15.0 Å². The number of aromatic amines is 1. The average molecular weight is 327 g/mol. The number of nitrogens with two attached hydrogens (primary N) is 1. The van der Waals surface area contributed by atoms with E-state index in [1.54, 1.807) is 0 Å². The van der Waals surface area contributed by atoms with Crippen LogP contribution in [0, 0.1) is 11.6 Å². The predicted molar refractivity (Wildman–Crippen MR) is 78.3 cm³/mol. The standard InChI is InChI=1S/C13H8F2N4O2.ClH/c14-10-6(16)1-2-7(11(10)15)21-8-3-4-17-13-12(8)18-5-9(20)19-13;/h1-5H,16H2,(H,17,19,20);1H. The molecule has 3 N–H and O–H groups in total. The Morgan fingerprint density at radius 1 is 1.09 bits per heavy atom. The molecule has 0 unspecified atom stereocenters. The number of benzene rings is 1. The van der Waals surface area contributed by atoms with Crippen LogP contribution < -0.4 is 16.0 Å². The highest BCUT2D eigenvalue weighted by molar-refractivity contribution is 5.85. The maximum absolute atomic E-state index is 13.7. The van der Waals surface area contributed by atoms with E-state index in [0.29, 0.717) is 0 Å². The Labute approximate surface area is 128 Å². The molecule has 0 saturated carbocycles. The lowest BCUT2D eigenvalue weighted by atomic mass is 10.2. The fourth-order valence-electron chi connectivity index (χ4n) is 1.75. The highest BCUT2D eigenvalue weighted by Crippen LogP contribution is 2.30. The summed E-state index contributed by atoms with van der Waals surface area (Å²) in [6.45, 7) is 0. The Balaban J connectivity index is 0.00000176. The second-order valence-corrected chi connectivity index (χ2v) is 4.14. The number of pyridine rings is 1. The van der Waals surface area contributed by atoms with Gasteiger partial charge in [0.05, 0.1) is 11.9 Å². The molecule has 0 fully saturated rings. The summed E-state index contributed by atoms with van der Waals surface area (Å²) in [6, 6.07) is 3.81. The van der Waals surface area contributed by atoms with E-state index in [0.717, 1.165) is 6.20 Å². The van der Waals surface area contributed by atoms with Crippen molar-refractivity contribution in [2.45, 2.75) is 0 Å². The number of nitrogens with zero attached hydrogens (tertiary/aromatic N) is 2. The van der Waals surface area contributed by atoms with Crippen molar-refractivity contribution < 1.29 is 13.5 Å². The molecule has 0 aliphatic carbocycles. The molecule has 2 heterocycles. The van der Waals surface area contributed by atoms with Crippen molar-refractivity contribution >= 4 is 29.3 Å². The Morgan fingerprint density at radius 2 is 1.86 bits per heavy atom. The third-order valence-electron chi connectivity index (χ3n) is 2.74. The zero-order valence-corrected chi connectivity index (χ0v) is 11.7. The van der Waals surface area contributed by atoms with Crippen LogP contribution in [0.25, 0.3) is 11.2 Å². The molecule has 0 saturated heterocycles. The number of rotatable bonds is 2. The van der Waals surface area contributed by atoms with Gasteiger partial charge in [0, 0.05) is 12.3 Å². The van der Waals surface area contributed by atoms with Crippen molar-refractivity contribution in [3.8, 4) is 11.5 Å². The number of aromatic nitrogens is 3. The number of ether oxygens (including phenoxy) is 1. The molecular formula is C13H9ClF2N4O2. The van der Waals surface area contributed by atoms with E-state index in [1.807, 2.05) is 0 Å². The Kier molecular flexibility index (Phi) is 4.22. The molecule has 22 heavy (non-hydrogen) atoms. The molecule has 3 rings (SSSR count). The molecule has 0 bridgehead atoms. The molecule has 0 atom stereocenters. The largest absolute Gasteiger partial charge is 0.452 e. The number of halogens is 3. The van der Waals surface area contributed by atoms with Gasteiger partial charge in [0.1, 0.15) is 5.52 Å². The molecular weight excluding hydrogens is 318 g/mol. The van der Waals surface area contributed by atoms with Gasteiger partial charge in [0.25, 0.3) is 5.56 Å². The van der Waals surface area contributed by atoms with E-state index in [-0.39, 0.29) is 40.8 Å². The van der Waals surface area contributed by atoms with Crippen LogP contribution in [0.15, 0.2) is 35.4 Å². The number of nitrogen functional groups attached to an aromatic ring is 1. The summed E-state index contributed by atoms with van der Waals surface area (Å²) >= 11 is 0. The quantitative estimate of drug-likeness (QED) is 0.705. The number of H-pyrrole nitrogens is 1. The van der Waals surface area contributed by atoms with Crippen molar-refractivity contribution in [1.29, 1.82) is 0 Å². The molecule has 9 heteroatoms. The fraction of sp³-hybridized carbons (Fsp3) is 0. The van der Waals surface area contributed by atoms with Gasteiger partial charge in [-0.15, -0.1) is 12.4 Å². The third-order valence-corrected chi connectivity index (χ3v) is 2.74. The second kappa shape index (κ2) is 5.94. The van der Waals surface area contributed by atoms with Gasteiger partial charge in [-0.3, -0.25) is 4.79 Å². The zero-order chi connectivity index (χ0) is 15.0. The van der Waals surface area contributed by atoms with E-state index in [2.05, 4.69) is 15.0 Å². The Morgan fingerprint density at radius 3 is 2.64 bits per heavy atom. The first-order chi connectivity index (χ1) is 10.1. The monoisotopic (exact) mass is 326 g/mol. The van der Waals surface area contributed by atoms with Crippen LogP contribution in [0.3, 0.4) is 0 Å². The number of anilines is 1. The van der Waals surface area contributed by atoms with E-state index in [4.69, 9.17) is 10.5 Å². The van der Waals surface area contributed by atoms with Gasteiger partial charge in [0.15, 0.2) is 23.0 Å². The summed E-state index contributed by atoms with van der Waals surface area (Å²) in [5, 5.41) is 0. The molecule has 0 radical (unpaired) electrons. The lowest BCUT2D eigenvalue weighted by molar-refractivity contribution is 0.419. The van der Waals surface area contributed by atoms with Gasteiger partial charge < -0.3 is 15.5 Å². The summed E-state index contributed by atoms with van der Waals surface area (Å²) in [5.41, 5.74) is 4.90. The van der Waals surface area contributed by atoms with Crippen LogP contribution in [0.1, 0.15) is 0 Å². The molecule has 3 aromatic rings. The van der Waals surface area contributed by atoms with Crippen molar-refractivity contribution in [3.05, 3.63) is 52.6 Å². The topological polar surface area (TPSA) is 93.9 Å². The van der Waals surface area contributed by atoms with Gasteiger partial charge in [0.2, 0.25) is 5.82 Å². The van der Waals surface area contributed by atoms with Gasteiger partial charge in [-0.1, -0.05) is 0 Å². The predicted octanol–water partition coefficient (Wildman–Crippen LogP) is 2.39. The first kappa shape index (κ1) is 15.6. The van der Waals surface area contributed by atoms with E-state index >= 15 is 0 Å². The summed E-state index contributed by atoms with van der Waals surface area (Å²) in [6.07, 6.45) is 2.39. The van der Waals surface area contributed by atoms with Crippen molar-refractivity contribution in [3.63, 3.8) is 0 Å². The second-order valence-electron chi connectivity index (χ2n) is 4.14. The zero-order valence-electron chi connectivity index (χ0n) is 10.8. The molecule has 6 nitrogen and oxygen atoms in total. The average Bonchev–Trinajstić information content (AvgIpc) is 2.48. The van der Waals surface area contributed by atoms with Gasteiger partial charge in [-0.25, -0.2) is 14.4 Å². The normalized spacial score (nSPS) is 10.3. The number of fused-ring (bicyclic) bond motifs is 1. The van der Waals surface area contributed by atoms with Crippen LogP contribution in [-0.2, 0) is 0 Å². The first-order valence-electron chi connectivity index (χ1n) is 5.81. The highest BCUT2D eigenvalue weighted by atomic mass is 35.5. The molecule has 0 amide bonds. The van der Waals surface area contributed by atoms with Crippen LogP contribution >= 0.6 is 12.4 Å². The van der Waals surface area contributed by atoms with Crippen LogP contribution in [0.5, 0.6) is 11.5 Å². The van der Waals surface area contributed by atoms with Crippen molar-refractivity contribution in [2.75, 3.05) is 5.73 Å². The number of hydrogen-bond donors (Lipinski definition) is 2. The van der Waals surface area contributed by atoms with Gasteiger partial charge in [-0.05, 0) is 12.1 Å². The summed E-state index contributed by atoms with van der Waals surface area (Å²) in [7, 11) is 0. The summed E-state index contributed by atoms with van der Waals surface area (Å²) < 4.78 is 32.4. The minimum absolute atomic E-state index is 0. The van der Waals surface area contributed by atoms with Crippen LogP contribution in [-0.4, -0.2) is 15.0 Å². The van der Waals surface area contributed by atoms with Crippen LogP contribution in [0.4, 0.5) is 14.5 Å². The smallest absolute Gasteiger partial charge is 0.268 e. The third kappa shape index (κ3) is 2.68. The minimum Gasteiger partial charge on any atom is -0.452 e. The van der Waals surface area contributed by atoms with Gasteiger partial charge in [-0.2, -0.15) is 4.39 Å². The van der Waals surface area contributed by atoms with Crippen LogP contribution in [0.2, 0.25) is 0 Å². The maximum atomic E-state index is 13.7. The minimum atomic E-state index is -1.20. The molecule has 114 valence electrons. The SMILES string of the molecule is Cl.Nc1ccc(Oc2ccnc3[nH]c(=O)cnc23)c(F)c1F. The number of nitrogens with one attached hydrogen (secondary N) is 1. The molecule has 0 spiro atoms. The fourth-order valence-corrected chi connectivity index (χ4v) is 1.75. The van der Waals surface area contributed by atoms with Gasteiger partial charge >= 0.3 is 0 Å². The summed E-state index contributed by atoms with van der Waals surface area (Å²) in [5.74, 6) is -2.61. The number of hydrogen-bond acceptors (Lipinski definition) is 5. The maximum Gasteiger partial charge on any atom is 0.268 e. The van der Waals surface area contributed by atoms with E-state index in [9.17, 15) is 13.6 Å². The lowest BCUT2D eigenvalue weighted by Gasteiger charge is -2.09. The molecule has 0 aliphatic rings. The van der Waals surface area contributed by atoms with E-state index < -0.39 is 17.2 Å². The Bertz CT molecular complexity index is 901. The lowest BCUT2D eigenvalue weighted by Crippen LogP contribution is -2.06. The molecule has 2 aromatic heterocycles. The highest BCUT2D eigenvalue weighted by Gasteiger charge is 2.15. The summed E-state index contributed by atoms with van der Waals surface area (Å²) in [4.78, 5) is 21.4. The van der Waals surface area contributed by atoms with Crippen molar-refractivity contribution in [2.24, 2.45) is 0 Å². The molecule has 1 aromatic carbocycles. The van der Waals surface area contributed by atoms with E-state index in [1.165, 1.54) is 24.4 Å².